The first kappa shape index (κ1) is 12.7. The smallest absolute Gasteiger partial charge is 0.255 e. The fraction of sp³-hybridized carbons (Fsp3) is 0.455. The first-order valence-corrected chi connectivity index (χ1v) is 7.37. The molecule has 2 heterocycles. The summed E-state index contributed by atoms with van der Waals surface area (Å²) >= 11 is 5.21. The topological polar surface area (TPSA) is 54.0 Å². The van der Waals surface area contributed by atoms with Gasteiger partial charge in [-0.05, 0) is 34.2 Å². The number of nitrogens with zero attached hydrogens (tertiary/aromatic N) is 1. The maximum absolute atomic E-state index is 12.1. The van der Waals surface area contributed by atoms with Crippen molar-refractivity contribution in [1.29, 1.82) is 0 Å². The average molecular weight is 316 g/mol. The van der Waals surface area contributed by atoms with Crippen molar-refractivity contribution in [1.82, 2.24) is 10.3 Å². The number of thioether (sulfide) groups is 1. The van der Waals surface area contributed by atoms with Crippen LogP contribution >= 0.6 is 27.7 Å². The molecule has 1 aliphatic heterocycles. The number of nitrogens with one attached hydrogen (secondary N) is 2. The molecule has 2 N–H and O–H groups in total. The van der Waals surface area contributed by atoms with Crippen LogP contribution in [0.15, 0.2) is 16.7 Å². The molecule has 2 rings (SSSR count). The van der Waals surface area contributed by atoms with Crippen LogP contribution in [0, 0.1) is 0 Å². The van der Waals surface area contributed by atoms with Crippen LogP contribution in [0.5, 0.6) is 0 Å². The van der Waals surface area contributed by atoms with Crippen LogP contribution in [0.3, 0.4) is 0 Å². The zero-order valence-corrected chi connectivity index (χ0v) is 11.9. The number of halogens is 1. The zero-order valence-electron chi connectivity index (χ0n) is 9.50. The van der Waals surface area contributed by atoms with E-state index in [0.29, 0.717) is 11.4 Å². The summed E-state index contributed by atoms with van der Waals surface area (Å²) in [6.07, 6.45) is 2.72. The molecule has 0 spiro atoms. The lowest BCUT2D eigenvalue weighted by Crippen LogP contribution is -2.35. The molecule has 1 unspecified atom stereocenters. The van der Waals surface area contributed by atoms with E-state index >= 15 is 0 Å². The second-order valence-corrected chi connectivity index (χ2v) is 5.90. The van der Waals surface area contributed by atoms with E-state index in [1.54, 1.807) is 19.3 Å². The summed E-state index contributed by atoms with van der Waals surface area (Å²) in [6, 6.07) is 2.08. The molecular formula is C11H14BrN3OS. The molecule has 92 valence electrons. The quantitative estimate of drug-likeness (QED) is 0.897. The van der Waals surface area contributed by atoms with E-state index in [9.17, 15) is 4.79 Å². The predicted molar refractivity (Wildman–Crippen MR) is 74.7 cm³/mol. The Hall–Kier alpha value is -0.750. The summed E-state index contributed by atoms with van der Waals surface area (Å²) in [6.45, 7) is 0. The van der Waals surface area contributed by atoms with E-state index in [1.807, 2.05) is 11.8 Å². The lowest BCUT2D eigenvalue weighted by atomic mass is 10.2. The fourth-order valence-corrected chi connectivity index (χ4v) is 3.21. The molecule has 1 amide bonds. The minimum atomic E-state index is -0.0596. The van der Waals surface area contributed by atoms with Gasteiger partial charge in [-0.15, -0.1) is 0 Å². The van der Waals surface area contributed by atoms with Crippen molar-refractivity contribution in [3.63, 3.8) is 0 Å². The number of carbonyl (C=O) groups is 1. The number of amides is 1. The standard InChI is InChI=1S/C11H14BrN3OS/c1-13-10-9(4-7(12)5-14-10)11(16)15-8-2-3-17-6-8/h4-5,8H,2-3,6H2,1H3,(H,13,14)(H,15,16). The highest BCUT2D eigenvalue weighted by Crippen LogP contribution is 2.20. The van der Waals surface area contributed by atoms with Gasteiger partial charge in [0.25, 0.3) is 5.91 Å². The van der Waals surface area contributed by atoms with E-state index in [4.69, 9.17) is 0 Å². The molecular weight excluding hydrogens is 302 g/mol. The van der Waals surface area contributed by atoms with Gasteiger partial charge in [-0.3, -0.25) is 4.79 Å². The highest BCUT2D eigenvalue weighted by Gasteiger charge is 2.20. The van der Waals surface area contributed by atoms with Crippen molar-refractivity contribution >= 4 is 39.4 Å². The number of carbonyl (C=O) groups excluding carboxylic acids is 1. The Morgan fingerprint density at radius 2 is 2.47 bits per heavy atom. The van der Waals surface area contributed by atoms with Crippen molar-refractivity contribution in [2.75, 3.05) is 23.9 Å². The number of hydrogen-bond acceptors (Lipinski definition) is 4. The Bertz CT molecular complexity index is 421. The Balaban J connectivity index is 2.14. The summed E-state index contributed by atoms with van der Waals surface area (Å²) in [5.41, 5.74) is 0.582. The number of anilines is 1. The molecule has 6 heteroatoms. The normalized spacial score (nSPS) is 19.1. The summed E-state index contributed by atoms with van der Waals surface area (Å²) in [5, 5.41) is 5.97. The molecule has 0 aliphatic carbocycles. The minimum Gasteiger partial charge on any atom is -0.372 e. The third-order valence-corrected chi connectivity index (χ3v) is 4.20. The van der Waals surface area contributed by atoms with Crippen LogP contribution in [-0.4, -0.2) is 35.5 Å². The number of hydrogen-bond donors (Lipinski definition) is 2. The van der Waals surface area contributed by atoms with Crippen LogP contribution in [0.2, 0.25) is 0 Å². The van der Waals surface area contributed by atoms with E-state index < -0.39 is 0 Å². The summed E-state index contributed by atoms with van der Waals surface area (Å²) < 4.78 is 0.808. The molecule has 0 saturated carbocycles. The van der Waals surface area contributed by atoms with Gasteiger partial charge >= 0.3 is 0 Å². The number of pyridine rings is 1. The molecule has 1 fully saturated rings. The van der Waals surface area contributed by atoms with E-state index in [-0.39, 0.29) is 11.9 Å². The Morgan fingerprint density at radius 3 is 3.12 bits per heavy atom. The number of aromatic nitrogens is 1. The van der Waals surface area contributed by atoms with Gasteiger partial charge < -0.3 is 10.6 Å². The van der Waals surface area contributed by atoms with Crippen LogP contribution in [0.1, 0.15) is 16.8 Å². The van der Waals surface area contributed by atoms with Crippen molar-refractivity contribution < 1.29 is 4.79 Å². The summed E-state index contributed by atoms with van der Waals surface area (Å²) in [4.78, 5) is 16.3. The molecule has 17 heavy (non-hydrogen) atoms. The molecule has 0 bridgehead atoms. The summed E-state index contributed by atoms with van der Waals surface area (Å²) in [7, 11) is 1.76. The van der Waals surface area contributed by atoms with Gasteiger partial charge in [0.2, 0.25) is 0 Å². The van der Waals surface area contributed by atoms with Crippen molar-refractivity contribution in [3.8, 4) is 0 Å². The lowest BCUT2D eigenvalue weighted by molar-refractivity contribution is 0.0941. The van der Waals surface area contributed by atoms with Gasteiger partial charge in [0.1, 0.15) is 5.82 Å². The molecule has 1 aliphatic rings. The second kappa shape index (κ2) is 5.73. The van der Waals surface area contributed by atoms with Crippen LogP contribution < -0.4 is 10.6 Å². The van der Waals surface area contributed by atoms with Crippen LogP contribution in [0.25, 0.3) is 0 Å². The Kier molecular flexibility index (Phi) is 4.28. The largest absolute Gasteiger partial charge is 0.372 e. The minimum absolute atomic E-state index is 0.0596. The van der Waals surface area contributed by atoms with E-state index in [2.05, 4.69) is 31.5 Å². The van der Waals surface area contributed by atoms with Gasteiger partial charge in [-0.25, -0.2) is 4.98 Å². The van der Waals surface area contributed by atoms with Crippen molar-refractivity contribution in [2.45, 2.75) is 12.5 Å². The van der Waals surface area contributed by atoms with Crippen LogP contribution in [-0.2, 0) is 0 Å². The maximum Gasteiger partial charge on any atom is 0.255 e. The molecule has 4 nitrogen and oxygen atoms in total. The monoisotopic (exact) mass is 315 g/mol. The molecule has 1 aromatic rings. The van der Waals surface area contributed by atoms with Gasteiger partial charge in [0, 0.05) is 29.5 Å². The van der Waals surface area contributed by atoms with Crippen molar-refractivity contribution in [3.05, 3.63) is 22.3 Å². The number of rotatable bonds is 3. The fourth-order valence-electron chi connectivity index (χ4n) is 1.72. The third kappa shape index (κ3) is 3.13. The summed E-state index contributed by atoms with van der Waals surface area (Å²) in [5.74, 6) is 2.68. The zero-order chi connectivity index (χ0) is 12.3. The molecule has 1 aromatic heterocycles. The SMILES string of the molecule is CNc1ncc(Br)cc1C(=O)NC1CCSC1. The lowest BCUT2D eigenvalue weighted by Gasteiger charge is -2.13. The molecule has 1 saturated heterocycles. The van der Waals surface area contributed by atoms with Gasteiger partial charge in [0.05, 0.1) is 5.56 Å². The first-order chi connectivity index (χ1) is 8.20. The average Bonchev–Trinajstić information content (AvgIpc) is 2.81. The molecule has 0 radical (unpaired) electrons. The van der Waals surface area contributed by atoms with Crippen LogP contribution in [0.4, 0.5) is 5.82 Å². The Morgan fingerprint density at radius 1 is 1.65 bits per heavy atom. The maximum atomic E-state index is 12.1. The van der Waals surface area contributed by atoms with Gasteiger partial charge in [0.15, 0.2) is 0 Å². The Labute approximate surface area is 113 Å². The first-order valence-electron chi connectivity index (χ1n) is 5.42. The van der Waals surface area contributed by atoms with E-state index in [0.717, 1.165) is 22.4 Å². The predicted octanol–water partition coefficient (Wildman–Crippen LogP) is 2.12. The molecule has 1 atom stereocenters. The van der Waals surface area contributed by atoms with Gasteiger partial charge in [-0.2, -0.15) is 11.8 Å². The third-order valence-electron chi connectivity index (χ3n) is 2.60. The second-order valence-electron chi connectivity index (χ2n) is 3.83. The molecule has 0 aromatic carbocycles. The van der Waals surface area contributed by atoms with Crippen molar-refractivity contribution in [2.24, 2.45) is 0 Å². The van der Waals surface area contributed by atoms with E-state index in [1.165, 1.54) is 0 Å². The highest BCUT2D eigenvalue weighted by atomic mass is 79.9. The highest BCUT2D eigenvalue weighted by molar-refractivity contribution is 9.10. The van der Waals surface area contributed by atoms with Gasteiger partial charge in [-0.1, -0.05) is 0 Å².